The molecule has 1 amide bonds. The fourth-order valence-electron chi connectivity index (χ4n) is 1.16. The van der Waals surface area contributed by atoms with Gasteiger partial charge in [0.15, 0.2) is 0 Å². The maximum absolute atomic E-state index is 11.4. The average Bonchev–Trinajstić information content (AvgIpc) is 2.74. The molecule has 0 bridgehead atoms. The van der Waals surface area contributed by atoms with Gasteiger partial charge in [0, 0.05) is 23.4 Å². The van der Waals surface area contributed by atoms with E-state index >= 15 is 0 Å². The summed E-state index contributed by atoms with van der Waals surface area (Å²) in [7, 11) is 1.61. The molecule has 0 fully saturated rings. The zero-order chi connectivity index (χ0) is 14.3. The van der Waals surface area contributed by atoms with E-state index in [-0.39, 0.29) is 6.09 Å². The van der Waals surface area contributed by atoms with Gasteiger partial charge >= 0.3 is 6.09 Å². The zero-order valence-electron chi connectivity index (χ0n) is 11.7. The third-order valence-corrected chi connectivity index (χ3v) is 3.71. The minimum absolute atomic E-state index is 0.372. The molecule has 5 nitrogen and oxygen atoms in total. The van der Waals surface area contributed by atoms with Crippen molar-refractivity contribution in [1.29, 1.82) is 0 Å². The molecule has 0 aliphatic rings. The van der Waals surface area contributed by atoms with Gasteiger partial charge in [-0.15, -0.1) is 0 Å². The Kier molecular flexibility index (Phi) is 6.44. The quantitative estimate of drug-likeness (QED) is 0.819. The number of ether oxygens (including phenoxy) is 2. The third kappa shape index (κ3) is 7.27. The summed E-state index contributed by atoms with van der Waals surface area (Å²) in [6.07, 6.45) is -0.372. The highest BCUT2D eigenvalue weighted by atomic mass is 32.2. The van der Waals surface area contributed by atoms with Crippen LogP contribution in [-0.4, -0.2) is 36.1 Å². The van der Waals surface area contributed by atoms with E-state index in [1.54, 1.807) is 18.9 Å². The Balaban J connectivity index is 2.09. The zero-order valence-corrected chi connectivity index (χ0v) is 13.3. The molecule has 0 spiro atoms. The number of hydrogen-bond donors (Lipinski definition) is 1. The lowest BCUT2D eigenvalue weighted by Crippen LogP contribution is -2.33. The van der Waals surface area contributed by atoms with Crippen LogP contribution >= 0.6 is 23.1 Å². The number of carbonyl (C=O) groups is 1. The standard InChI is InChI=1S/C12H20N2O3S2/c1-12(2,3)17-10(15)13-5-6-18-7-9-8-19-11(14-9)16-4/h8H,5-7H2,1-4H3,(H,13,15). The van der Waals surface area contributed by atoms with Gasteiger partial charge in [-0.25, -0.2) is 9.78 Å². The first-order chi connectivity index (χ1) is 8.90. The molecular weight excluding hydrogens is 284 g/mol. The highest BCUT2D eigenvalue weighted by Gasteiger charge is 2.15. The fraction of sp³-hybridized carbons (Fsp3) is 0.667. The van der Waals surface area contributed by atoms with Crippen LogP contribution in [0.15, 0.2) is 5.38 Å². The summed E-state index contributed by atoms with van der Waals surface area (Å²) in [5, 5.41) is 5.38. The Morgan fingerprint density at radius 1 is 1.53 bits per heavy atom. The highest BCUT2D eigenvalue weighted by molar-refractivity contribution is 7.98. The molecule has 7 heteroatoms. The molecule has 1 aromatic rings. The summed E-state index contributed by atoms with van der Waals surface area (Å²) in [5.74, 6) is 1.63. The number of nitrogens with one attached hydrogen (secondary N) is 1. The molecule has 0 radical (unpaired) electrons. The summed E-state index contributed by atoms with van der Waals surface area (Å²) in [5.41, 5.74) is 0.554. The molecule has 0 aliphatic carbocycles. The Hall–Kier alpha value is -0.950. The molecule has 19 heavy (non-hydrogen) atoms. The molecule has 0 atom stereocenters. The Labute approximate surface area is 122 Å². The van der Waals surface area contributed by atoms with Gasteiger partial charge in [0.25, 0.3) is 5.19 Å². The number of thioether (sulfide) groups is 1. The summed E-state index contributed by atoms with van der Waals surface area (Å²) < 4.78 is 10.2. The predicted octanol–water partition coefficient (Wildman–Crippen LogP) is 2.91. The summed E-state index contributed by atoms with van der Waals surface area (Å²) in [6.45, 7) is 6.12. The lowest BCUT2D eigenvalue weighted by molar-refractivity contribution is 0.0531. The van der Waals surface area contributed by atoms with Crippen molar-refractivity contribution < 1.29 is 14.3 Å². The van der Waals surface area contributed by atoms with Gasteiger partial charge in [-0.2, -0.15) is 11.8 Å². The second-order valence-electron chi connectivity index (χ2n) is 4.79. The number of hydrogen-bond acceptors (Lipinski definition) is 6. The average molecular weight is 304 g/mol. The van der Waals surface area contributed by atoms with Gasteiger partial charge in [0.05, 0.1) is 12.8 Å². The van der Waals surface area contributed by atoms with E-state index in [0.717, 1.165) is 17.2 Å². The highest BCUT2D eigenvalue weighted by Crippen LogP contribution is 2.20. The Morgan fingerprint density at radius 3 is 2.84 bits per heavy atom. The second-order valence-corrected chi connectivity index (χ2v) is 6.72. The van der Waals surface area contributed by atoms with E-state index in [4.69, 9.17) is 9.47 Å². The number of aromatic nitrogens is 1. The van der Waals surface area contributed by atoms with Crippen LogP contribution in [0.3, 0.4) is 0 Å². The van der Waals surface area contributed by atoms with E-state index in [9.17, 15) is 4.79 Å². The van der Waals surface area contributed by atoms with Gasteiger partial charge in [0.1, 0.15) is 5.60 Å². The van der Waals surface area contributed by atoms with Gasteiger partial charge in [-0.05, 0) is 20.8 Å². The van der Waals surface area contributed by atoms with Crippen LogP contribution in [-0.2, 0) is 10.5 Å². The summed E-state index contributed by atoms with van der Waals surface area (Å²) in [6, 6.07) is 0. The molecule has 0 saturated carbocycles. The number of rotatable bonds is 6. The molecule has 1 heterocycles. The molecule has 0 saturated heterocycles. The number of methoxy groups -OCH3 is 1. The molecular formula is C12H20N2O3S2. The minimum atomic E-state index is -0.450. The van der Waals surface area contributed by atoms with Crippen LogP contribution < -0.4 is 10.1 Å². The van der Waals surface area contributed by atoms with Crippen molar-refractivity contribution in [3.8, 4) is 5.19 Å². The van der Waals surface area contributed by atoms with Gasteiger partial charge < -0.3 is 14.8 Å². The van der Waals surface area contributed by atoms with Crippen molar-refractivity contribution in [2.24, 2.45) is 0 Å². The first-order valence-corrected chi connectivity index (χ1v) is 7.97. The molecule has 1 aromatic heterocycles. The van der Waals surface area contributed by atoms with Crippen LogP contribution in [0.25, 0.3) is 0 Å². The number of thiazole rings is 1. The van der Waals surface area contributed by atoms with E-state index in [1.165, 1.54) is 11.3 Å². The topological polar surface area (TPSA) is 60.5 Å². The van der Waals surface area contributed by atoms with Crippen molar-refractivity contribution >= 4 is 29.2 Å². The second kappa shape index (κ2) is 7.59. The van der Waals surface area contributed by atoms with Crippen LogP contribution in [0, 0.1) is 0 Å². The smallest absolute Gasteiger partial charge is 0.407 e. The summed E-state index contributed by atoms with van der Waals surface area (Å²) in [4.78, 5) is 15.6. The van der Waals surface area contributed by atoms with Crippen LogP contribution in [0.4, 0.5) is 4.79 Å². The molecule has 1 N–H and O–H groups in total. The normalized spacial score (nSPS) is 11.2. The SMILES string of the molecule is COc1nc(CSCCNC(=O)OC(C)(C)C)cs1. The monoisotopic (exact) mass is 304 g/mol. The maximum Gasteiger partial charge on any atom is 0.407 e. The lowest BCUT2D eigenvalue weighted by Gasteiger charge is -2.19. The molecule has 0 unspecified atom stereocenters. The van der Waals surface area contributed by atoms with Crippen molar-refractivity contribution in [2.45, 2.75) is 32.1 Å². The van der Waals surface area contributed by atoms with Crippen molar-refractivity contribution in [1.82, 2.24) is 10.3 Å². The van der Waals surface area contributed by atoms with Crippen LogP contribution in [0.2, 0.25) is 0 Å². The van der Waals surface area contributed by atoms with E-state index in [1.807, 2.05) is 26.2 Å². The molecule has 1 rings (SSSR count). The van der Waals surface area contributed by atoms with Crippen molar-refractivity contribution in [3.63, 3.8) is 0 Å². The van der Waals surface area contributed by atoms with E-state index in [2.05, 4.69) is 10.3 Å². The van der Waals surface area contributed by atoms with Crippen LogP contribution in [0.1, 0.15) is 26.5 Å². The number of carbonyl (C=O) groups excluding carboxylic acids is 1. The molecule has 0 aromatic carbocycles. The van der Waals surface area contributed by atoms with Crippen molar-refractivity contribution in [3.05, 3.63) is 11.1 Å². The molecule has 108 valence electrons. The van der Waals surface area contributed by atoms with E-state index in [0.29, 0.717) is 11.7 Å². The van der Waals surface area contributed by atoms with Crippen molar-refractivity contribution in [2.75, 3.05) is 19.4 Å². The summed E-state index contributed by atoms with van der Waals surface area (Å²) >= 11 is 3.20. The number of amides is 1. The number of nitrogens with zero attached hydrogens (tertiary/aromatic N) is 1. The first kappa shape index (κ1) is 16.1. The predicted molar refractivity (Wildman–Crippen MR) is 79.1 cm³/mol. The minimum Gasteiger partial charge on any atom is -0.473 e. The fourth-order valence-corrected chi connectivity index (χ4v) is 2.66. The molecule has 0 aliphatic heterocycles. The Bertz CT molecular complexity index is 402. The maximum atomic E-state index is 11.4. The Morgan fingerprint density at radius 2 is 2.26 bits per heavy atom. The van der Waals surface area contributed by atoms with Gasteiger partial charge in [0.2, 0.25) is 0 Å². The first-order valence-electron chi connectivity index (χ1n) is 5.93. The number of alkyl carbamates (subject to hydrolysis) is 1. The van der Waals surface area contributed by atoms with Crippen LogP contribution in [0.5, 0.6) is 5.19 Å². The largest absolute Gasteiger partial charge is 0.473 e. The van der Waals surface area contributed by atoms with E-state index < -0.39 is 5.60 Å². The lowest BCUT2D eigenvalue weighted by atomic mass is 10.2. The van der Waals surface area contributed by atoms with Gasteiger partial charge in [-0.3, -0.25) is 0 Å². The third-order valence-electron chi connectivity index (χ3n) is 1.87. The van der Waals surface area contributed by atoms with Gasteiger partial charge in [-0.1, -0.05) is 11.3 Å².